The highest BCUT2D eigenvalue weighted by Gasteiger charge is 2.20. The lowest BCUT2D eigenvalue weighted by molar-refractivity contribution is 0.0952. The van der Waals surface area contributed by atoms with E-state index in [0.717, 1.165) is 5.56 Å². The number of methoxy groups -OCH3 is 1. The number of hydrogen-bond donors (Lipinski definition) is 3. The first-order valence-corrected chi connectivity index (χ1v) is 10.8. The molecule has 3 heterocycles. The van der Waals surface area contributed by atoms with Crippen molar-refractivity contribution < 1.29 is 17.9 Å². The summed E-state index contributed by atoms with van der Waals surface area (Å²) in [4.78, 5) is 21.1. The molecule has 0 atom stereocenters. The monoisotopic (exact) mass is 453 g/mol. The summed E-state index contributed by atoms with van der Waals surface area (Å²) < 4.78 is 29.5. The fourth-order valence-electron chi connectivity index (χ4n) is 3.20. The van der Waals surface area contributed by atoms with Crippen LogP contribution < -0.4 is 20.9 Å². The van der Waals surface area contributed by atoms with Crippen molar-refractivity contribution in [2.45, 2.75) is 11.4 Å². The van der Waals surface area contributed by atoms with Crippen LogP contribution in [0.4, 0.5) is 5.82 Å². The van der Waals surface area contributed by atoms with Gasteiger partial charge in [-0.05, 0) is 29.8 Å². The summed E-state index contributed by atoms with van der Waals surface area (Å²) >= 11 is 0. The van der Waals surface area contributed by atoms with Gasteiger partial charge < -0.3 is 15.8 Å². The molecule has 164 valence electrons. The van der Waals surface area contributed by atoms with Crippen molar-refractivity contribution in [3.63, 3.8) is 0 Å². The summed E-state index contributed by atoms with van der Waals surface area (Å²) in [6.07, 6.45) is 2.89. The zero-order chi connectivity index (χ0) is 22.9. The quantitative estimate of drug-likeness (QED) is 0.388. The Hall–Kier alpha value is -4.03. The number of ether oxygens (including phenoxy) is 1. The lowest BCUT2D eigenvalue weighted by Crippen LogP contribution is -2.23. The van der Waals surface area contributed by atoms with E-state index in [4.69, 9.17) is 15.6 Å². The summed E-state index contributed by atoms with van der Waals surface area (Å²) in [7, 11) is -2.27. The summed E-state index contributed by atoms with van der Waals surface area (Å²) in [6, 6.07) is 11.0. The molecule has 0 bridgehead atoms. The number of carbonyl (C=O) groups excluding carboxylic acids is 1. The van der Waals surface area contributed by atoms with Gasteiger partial charge in [-0.15, -0.1) is 0 Å². The molecule has 0 spiro atoms. The number of amides is 1. The Bertz CT molecular complexity index is 1420. The van der Waals surface area contributed by atoms with Crippen LogP contribution in [0, 0.1) is 0 Å². The molecule has 0 aliphatic heterocycles. The van der Waals surface area contributed by atoms with Crippen LogP contribution >= 0.6 is 0 Å². The lowest BCUT2D eigenvalue weighted by Gasteiger charge is -2.06. The van der Waals surface area contributed by atoms with Crippen molar-refractivity contribution in [1.82, 2.24) is 24.9 Å². The number of pyridine rings is 1. The molecule has 5 N–H and O–H groups in total. The van der Waals surface area contributed by atoms with Crippen LogP contribution in [0.25, 0.3) is 16.8 Å². The predicted molar refractivity (Wildman–Crippen MR) is 116 cm³/mol. The molecule has 0 fully saturated rings. The molecular weight excluding hydrogens is 434 g/mol. The Morgan fingerprint density at radius 1 is 1.16 bits per heavy atom. The first-order valence-electron chi connectivity index (χ1n) is 9.30. The number of fused-ring (bicyclic) bond motifs is 1. The molecule has 1 aromatic carbocycles. The molecule has 32 heavy (non-hydrogen) atoms. The number of aromatic nitrogens is 4. The molecule has 4 rings (SSSR count). The van der Waals surface area contributed by atoms with Gasteiger partial charge in [0.05, 0.1) is 23.3 Å². The summed E-state index contributed by atoms with van der Waals surface area (Å²) in [6.45, 7) is 0.160. The average molecular weight is 453 g/mol. The molecule has 0 saturated carbocycles. The number of carbonyl (C=O) groups is 1. The highest BCUT2D eigenvalue weighted by molar-refractivity contribution is 7.89. The SMILES string of the molecule is COc1cc(-c2cc(C(=O)NCc3ccc(S(N)(=O)=O)cc3)c3c(N)ncnn23)ccn1. The number of sulfonamides is 1. The first-order chi connectivity index (χ1) is 15.3. The fourth-order valence-corrected chi connectivity index (χ4v) is 3.72. The number of nitrogens with two attached hydrogens (primary N) is 2. The van der Waals surface area contributed by atoms with Crippen LogP contribution in [0.15, 0.2) is 59.9 Å². The zero-order valence-corrected chi connectivity index (χ0v) is 17.7. The van der Waals surface area contributed by atoms with E-state index in [1.807, 2.05) is 0 Å². The van der Waals surface area contributed by atoms with Crippen LogP contribution in [-0.2, 0) is 16.6 Å². The first kappa shape index (κ1) is 21.2. The normalized spacial score (nSPS) is 11.4. The molecule has 12 heteroatoms. The third-order valence-electron chi connectivity index (χ3n) is 4.77. The summed E-state index contributed by atoms with van der Waals surface area (Å²) in [5, 5.41) is 12.1. The van der Waals surface area contributed by atoms with Gasteiger partial charge in [0.1, 0.15) is 11.8 Å². The van der Waals surface area contributed by atoms with Crippen molar-refractivity contribution in [3.8, 4) is 17.1 Å². The maximum absolute atomic E-state index is 13.0. The topological polar surface area (TPSA) is 168 Å². The minimum absolute atomic E-state index is 0.00616. The lowest BCUT2D eigenvalue weighted by atomic mass is 10.1. The molecule has 0 aliphatic rings. The second-order valence-corrected chi connectivity index (χ2v) is 8.37. The zero-order valence-electron chi connectivity index (χ0n) is 16.9. The van der Waals surface area contributed by atoms with Crippen molar-refractivity contribution in [2.24, 2.45) is 5.14 Å². The van der Waals surface area contributed by atoms with Crippen LogP contribution in [-0.4, -0.2) is 41.0 Å². The third kappa shape index (κ3) is 4.08. The van der Waals surface area contributed by atoms with Gasteiger partial charge in [-0.25, -0.2) is 28.0 Å². The van der Waals surface area contributed by atoms with E-state index in [-0.39, 0.29) is 22.8 Å². The van der Waals surface area contributed by atoms with Gasteiger partial charge in [0, 0.05) is 24.4 Å². The molecule has 0 unspecified atom stereocenters. The number of nitrogens with zero attached hydrogens (tertiary/aromatic N) is 4. The van der Waals surface area contributed by atoms with Gasteiger partial charge in [0.25, 0.3) is 5.91 Å². The number of anilines is 1. The van der Waals surface area contributed by atoms with E-state index in [1.54, 1.807) is 36.5 Å². The van der Waals surface area contributed by atoms with Crippen LogP contribution in [0.5, 0.6) is 5.88 Å². The molecule has 4 aromatic rings. The number of hydrogen-bond acceptors (Lipinski definition) is 8. The molecule has 1 amide bonds. The highest BCUT2D eigenvalue weighted by Crippen LogP contribution is 2.29. The fraction of sp³-hybridized carbons (Fsp3) is 0.100. The van der Waals surface area contributed by atoms with Crippen LogP contribution in [0.1, 0.15) is 15.9 Å². The Labute approximate surface area is 183 Å². The summed E-state index contributed by atoms with van der Waals surface area (Å²) in [5.41, 5.74) is 8.72. The third-order valence-corrected chi connectivity index (χ3v) is 5.70. The number of nitrogens with one attached hydrogen (secondary N) is 1. The van der Waals surface area contributed by atoms with Gasteiger partial charge in [0.15, 0.2) is 5.82 Å². The minimum atomic E-state index is -3.78. The smallest absolute Gasteiger partial charge is 0.253 e. The van der Waals surface area contributed by atoms with Crippen LogP contribution in [0.3, 0.4) is 0 Å². The van der Waals surface area contributed by atoms with Gasteiger partial charge in [0.2, 0.25) is 15.9 Å². The molecule has 3 aromatic heterocycles. The Morgan fingerprint density at radius 2 is 1.91 bits per heavy atom. The Kier molecular flexibility index (Phi) is 5.47. The van der Waals surface area contributed by atoms with Crippen molar-refractivity contribution in [2.75, 3.05) is 12.8 Å². The van der Waals surface area contributed by atoms with E-state index in [1.165, 1.54) is 30.1 Å². The van der Waals surface area contributed by atoms with E-state index in [0.29, 0.717) is 22.7 Å². The van der Waals surface area contributed by atoms with Crippen molar-refractivity contribution >= 4 is 27.3 Å². The number of benzene rings is 1. The Morgan fingerprint density at radius 3 is 2.59 bits per heavy atom. The van der Waals surface area contributed by atoms with E-state index >= 15 is 0 Å². The maximum Gasteiger partial charge on any atom is 0.253 e. The second kappa shape index (κ2) is 8.24. The second-order valence-electron chi connectivity index (χ2n) is 6.81. The minimum Gasteiger partial charge on any atom is -0.481 e. The van der Waals surface area contributed by atoms with Crippen molar-refractivity contribution in [3.05, 3.63) is 66.1 Å². The maximum atomic E-state index is 13.0. The summed E-state index contributed by atoms with van der Waals surface area (Å²) in [5.74, 6) is 0.162. The molecular formula is C20H19N7O4S. The molecule has 0 aliphatic carbocycles. The van der Waals surface area contributed by atoms with E-state index in [9.17, 15) is 13.2 Å². The molecule has 0 radical (unpaired) electrons. The van der Waals surface area contributed by atoms with Gasteiger partial charge in [-0.3, -0.25) is 4.79 Å². The van der Waals surface area contributed by atoms with E-state index in [2.05, 4.69) is 20.4 Å². The van der Waals surface area contributed by atoms with E-state index < -0.39 is 15.9 Å². The largest absolute Gasteiger partial charge is 0.481 e. The van der Waals surface area contributed by atoms with Gasteiger partial charge in [-0.1, -0.05) is 12.1 Å². The van der Waals surface area contributed by atoms with Gasteiger partial charge in [-0.2, -0.15) is 5.10 Å². The number of rotatable bonds is 6. The highest BCUT2D eigenvalue weighted by atomic mass is 32.2. The number of primary sulfonamides is 1. The molecule has 0 saturated heterocycles. The standard InChI is InChI=1S/C20H19N7O4S/c1-31-17-8-13(6-7-23-17)16-9-15(18-19(21)25-11-26-27(16)18)20(28)24-10-12-2-4-14(5-3-12)32(22,29)30/h2-9,11H,10H2,1H3,(H,24,28)(H2,21,25,26)(H2,22,29,30). The predicted octanol–water partition coefficient (Wildman–Crippen LogP) is 0.959. The number of nitrogen functional groups attached to an aromatic ring is 1. The van der Waals surface area contributed by atoms with Crippen molar-refractivity contribution in [1.29, 1.82) is 0 Å². The van der Waals surface area contributed by atoms with Gasteiger partial charge >= 0.3 is 0 Å². The van der Waals surface area contributed by atoms with Crippen LogP contribution in [0.2, 0.25) is 0 Å². The molecule has 11 nitrogen and oxygen atoms in total. The Balaban J connectivity index is 1.66. The average Bonchev–Trinajstić information content (AvgIpc) is 3.18.